The lowest BCUT2D eigenvalue weighted by atomic mass is 10.2. The number of aromatic nitrogens is 3. The van der Waals surface area contributed by atoms with E-state index in [1.54, 1.807) is 10.6 Å². The zero-order valence-electron chi connectivity index (χ0n) is 17.5. The van der Waals surface area contributed by atoms with Gasteiger partial charge in [-0.25, -0.2) is 14.2 Å². The fourth-order valence-electron chi connectivity index (χ4n) is 4.17. The molecule has 3 aromatic rings. The van der Waals surface area contributed by atoms with E-state index in [-0.39, 0.29) is 18.2 Å². The maximum Gasteiger partial charge on any atom is 0.417 e. The van der Waals surface area contributed by atoms with Gasteiger partial charge < -0.3 is 14.4 Å². The monoisotopic (exact) mass is 496 g/mol. The number of anilines is 1. The molecule has 1 aromatic carbocycles. The largest absolute Gasteiger partial charge is 0.473 e. The van der Waals surface area contributed by atoms with Crippen molar-refractivity contribution in [3.63, 3.8) is 0 Å². The molecule has 0 bridgehead atoms. The molecule has 1 fully saturated rings. The Balaban J connectivity index is 1.29. The first-order valence-electron chi connectivity index (χ1n) is 10.4. The number of benzene rings is 1. The van der Waals surface area contributed by atoms with Crippen LogP contribution in [0.1, 0.15) is 24.0 Å². The third kappa shape index (κ3) is 4.27. The highest BCUT2D eigenvalue weighted by molar-refractivity contribution is 6.31. The molecule has 178 valence electrons. The summed E-state index contributed by atoms with van der Waals surface area (Å²) in [6.07, 6.45) is -1.35. The molecule has 0 saturated carbocycles. The van der Waals surface area contributed by atoms with Gasteiger partial charge in [0.15, 0.2) is 5.82 Å². The highest BCUT2D eigenvalue weighted by Crippen LogP contribution is 2.38. The predicted octanol–water partition coefficient (Wildman–Crippen LogP) is 4.80. The van der Waals surface area contributed by atoms with Gasteiger partial charge in [-0.3, -0.25) is 4.57 Å². The van der Waals surface area contributed by atoms with Crippen LogP contribution >= 0.6 is 11.6 Å². The number of rotatable bonds is 5. The van der Waals surface area contributed by atoms with Crippen LogP contribution in [-0.2, 0) is 19.3 Å². The second-order valence-corrected chi connectivity index (χ2v) is 8.40. The van der Waals surface area contributed by atoms with E-state index in [0.717, 1.165) is 37.3 Å². The summed E-state index contributed by atoms with van der Waals surface area (Å²) in [4.78, 5) is 22.3. The first-order chi connectivity index (χ1) is 16.2. The summed E-state index contributed by atoms with van der Waals surface area (Å²) in [7, 11) is 0. The Bertz CT molecular complexity index is 1310. The second-order valence-electron chi connectivity index (χ2n) is 8.00. The van der Waals surface area contributed by atoms with Gasteiger partial charge in [-0.15, -0.1) is 0 Å². The smallest absolute Gasteiger partial charge is 0.417 e. The third-order valence-corrected chi connectivity index (χ3v) is 6.07. The number of alkyl halides is 3. The van der Waals surface area contributed by atoms with Crippen LogP contribution in [0, 0.1) is 5.82 Å². The number of pyridine rings is 1. The van der Waals surface area contributed by atoms with E-state index in [4.69, 9.17) is 21.1 Å². The van der Waals surface area contributed by atoms with E-state index in [1.807, 2.05) is 0 Å². The van der Waals surface area contributed by atoms with Gasteiger partial charge >= 0.3 is 11.9 Å². The van der Waals surface area contributed by atoms with Gasteiger partial charge in [0.1, 0.15) is 18.2 Å². The molecule has 34 heavy (non-hydrogen) atoms. The van der Waals surface area contributed by atoms with Crippen molar-refractivity contribution in [2.24, 2.45) is 0 Å². The fraction of sp³-hybridized carbons (Fsp3) is 0.318. The summed E-state index contributed by atoms with van der Waals surface area (Å²) in [5.41, 5.74) is -1.19. The van der Waals surface area contributed by atoms with E-state index in [1.165, 1.54) is 12.3 Å². The van der Waals surface area contributed by atoms with Crippen molar-refractivity contribution < 1.29 is 27.0 Å². The first-order valence-corrected chi connectivity index (χ1v) is 10.8. The van der Waals surface area contributed by atoms with E-state index in [2.05, 4.69) is 14.9 Å². The van der Waals surface area contributed by atoms with Gasteiger partial charge in [0.2, 0.25) is 5.88 Å². The number of halogens is 5. The van der Waals surface area contributed by atoms with Crippen LogP contribution in [0.15, 0.2) is 41.3 Å². The lowest BCUT2D eigenvalue weighted by Gasteiger charge is -2.17. The summed E-state index contributed by atoms with van der Waals surface area (Å²) < 4.78 is 65.9. The minimum absolute atomic E-state index is 0.116. The molecule has 12 heteroatoms. The first kappa shape index (κ1) is 22.5. The molecule has 1 atom stereocenters. The maximum absolute atomic E-state index is 14.5. The van der Waals surface area contributed by atoms with Crippen molar-refractivity contribution in [2.75, 3.05) is 11.4 Å². The molecular formula is C22H17ClF4N4O3. The summed E-state index contributed by atoms with van der Waals surface area (Å²) in [6.45, 7) is 1.35. The second kappa shape index (κ2) is 8.46. The van der Waals surface area contributed by atoms with E-state index in [9.17, 15) is 22.4 Å². The maximum atomic E-state index is 14.5. The van der Waals surface area contributed by atoms with Gasteiger partial charge in [-0.1, -0.05) is 11.6 Å². The minimum Gasteiger partial charge on any atom is -0.473 e. The zero-order valence-corrected chi connectivity index (χ0v) is 18.2. The normalized spacial score (nSPS) is 17.0. The average Bonchev–Trinajstić information content (AvgIpc) is 3.37. The lowest BCUT2D eigenvalue weighted by Crippen LogP contribution is -2.24. The van der Waals surface area contributed by atoms with Crippen LogP contribution in [0.25, 0.3) is 0 Å². The van der Waals surface area contributed by atoms with Crippen molar-refractivity contribution in [1.82, 2.24) is 14.5 Å². The Morgan fingerprint density at radius 3 is 2.79 bits per heavy atom. The summed E-state index contributed by atoms with van der Waals surface area (Å²) >= 11 is 5.58. The van der Waals surface area contributed by atoms with Gasteiger partial charge in [-0.05, 0) is 37.1 Å². The van der Waals surface area contributed by atoms with E-state index in [0.29, 0.717) is 24.2 Å². The fourth-order valence-corrected chi connectivity index (χ4v) is 4.39. The van der Waals surface area contributed by atoms with Crippen molar-refractivity contribution >= 4 is 17.4 Å². The quantitative estimate of drug-likeness (QED) is 0.473. The number of hydrogen-bond donors (Lipinski definition) is 0. The lowest BCUT2D eigenvalue weighted by molar-refractivity contribution is -0.137. The van der Waals surface area contributed by atoms with E-state index < -0.39 is 34.1 Å². The molecule has 2 aromatic heterocycles. The van der Waals surface area contributed by atoms with Crippen LogP contribution < -0.4 is 20.1 Å². The molecule has 2 aliphatic heterocycles. The molecule has 0 radical (unpaired) electrons. The molecule has 2 aliphatic rings. The van der Waals surface area contributed by atoms with Crippen LogP contribution in [0.2, 0.25) is 5.02 Å². The van der Waals surface area contributed by atoms with E-state index >= 15 is 0 Å². The molecule has 1 unspecified atom stereocenters. The highest BCUT2D eigenvalue weighted by atomic mass is 35.5. The molecule has 4 heterocycles. The molecule has 7 nitrogen and oxygen atoms in total. The molecule has 0 amide bonds. The number of nitrogens with zero attached hydrogens (tertiary/aromatic N) is 4. The Hall–Kier alpha value is -3.34. The van der Waals surface area contributed by atoms with Gasteiger partial charge in [-0.2, -0.15) is 18.2 Å². The van der Waals surface area contributed by atoms with Gasteiger partial charge in [0.05, 0.1) is 10.6 Å². The topological polar surface area (TPSA) is 69.5 Å². The van der Waals surface area contributed by atoms with Crippen LogP contribution in [-0.4, -0.2) is 27.1 Å². The van der Waals surface area contributed by atoms with Crippen LogP contribution in [0.5, 0.6) is 17.5 Å². The summed E-state index contributed by atoms with van der Waals surface area (Å²) in [5, 5.41) is -0.499. The number of ether oxygens (including phenoxy) is 2. The van der Waals surface area contributed by atoms with Crippen molar-refractivity contribution in [1.29, 1.82) is 0 Å². The van der Waals surface area contributed by atoms with Crippen LogP contribution in [0.4, 0.5) is 23.4 Å². The Kier molecular flexibility index (Phi) is 5.59. The molecule has 5 rings (SSSR count). The Morgan fingerprint density at radius 2 is 2.03 bits per heavy atom. The summed E-state index contributed by atoms with van der Waals surface area (Å²) in [5.74, 6) is -0.799. The van der Waals surface area contributed by atoms with Crippen molar-refractivity contribution in [2.45, 2.75) is 38.2 Å². The molecule has 0 aliphatic carbocycles. The Labute approximate surface area is 195 Å². The molecule has 0 spiro atoms. The molecule has 0 N–H and O–H groups in total. The van der Waals surface area contributed by atoms with Crippen LogP contribution in [0.3, 0.4) is 0 Å². The molecular weight excluding hydrogens is 480 g/mol. The zero-order chi connectivity index (χ0) is 24.0. The minimum atomic E-state index is -4.69. The standard InChI is InChI=1S/C22H17ClF4N4O3/c23-16-4-3-14(7-15(16)22(25,26)27)34-20-17(24)6-12(9-28-20)11-33-18-8-19-30-5-1-2-13(30)10-31(19)21(32)29-18/h3-4,6-9,13H,1-2,5,10-11H2. The predicted molar refractivity (Wildman–Crippen MR) is 114 cm³/mol. The summed E-state index contributed by atoms with van der Waals surface area (Å²) in [6, 6.07) is 5.92. The highest BCUT2D eigenvalue weighted by Gasteiger charge is 2.35. The SMILES string of the molecule is O=c1nc(OCc2cnc(Oc3ccc(Cl)c(C(F)(F)F)c3)c(F)c2)cc2n1CC1CCCN21. The van der Waals surface area contributed by atoms with Crippen molar-refractivity contribution in [3.05, 3.63) is 69.0 Å². The number of fused-ring (bicyclic) bond motifs is 3. The average molecular weight is 497 g/mol. The molecule has 1 saturated heterocycles. The Morgan fingerprint density at radius 1 is 1.21 bits per heavy atom. The van der Waals surface area contributed by atoms with Gasteiger partial charge in [0.25, 0.3) is 5.88 Å². The van der Waals surface area contributed by atoms with Gasteiger partial charge in [0, 0.05) is 37.0 Å². The van der Waals surface area contributed by atoms with Crippen molar-refractivity contribution in [3.8, 4) is 17.5 Å². The third-order valence-electron chi connectivity index (χ3n) is 5.74. The number of hydrogen-bond acceptors (Lipinski definition) is 6.